The number of benzene rings is 1. The van der Waals surface area contributed by atoms with E-state index in [2.05, 4.69) is 5.10 Å². The number of carbonyl (C=O) groups excluding carboxylic acids is 1. The third-order valence-corrected chi connectivity index (χ3v) is 4.52. The highest BCUT2D eigenvalue weighted by atomic mass is 31.2. The SMILES string of the molecule is COP(=O)(OC)c1ccc2c(cnn2C(C)=O)c1. The van der Waals surface area contributed by atoms with Crippen molar-refractivity contribution < 1.29 is 18.4 Å². The maximum Gasteiger partial charge on any atom is 0.360 e. The first-order valence-electron chi connectivity index (χ1n) is 5.22. The second kappa shape index (κ2) is 4.65. The molecule has 0 amide bonds. The van der Waals surface area contributed by atoms with Crippen molar-refractivity contribution in [2.45, 2.75) is 6.92 Å². The van der Waals surface area contributed by atoms with Crippen molar-refractivity contribution in [2.24, 2.45) is 0 Å². The zero-order valence-electron chi connectivity index (χ0n) is 10.3. The van der Waals surface area contributed by atoms with Crippen LogP contribution < -0.4 is 5.30 Å². The normalized spacial score (nSPS) is 11.9. The van der Waals surface area contributed by atoms with E-state index < -0.39 is 7.60 Å². The highest BCUT2D eigenvalue weighted by molar-refractivity contribution is 7.62. The fraction of sp³-hybridized carbons (Fsp3) is 0.273. The molecule has 0 atom stereocenters. The molecule has 0 unspecified atom stereocenters. The van der Waals surface area contributed by atoms with E-state index in [1.165, 1.54) is 32.0 Å². The predicted octanol–water partition coefficient (Wildman–Crippen LogP) is 1.81. The summed E-state index contributed by atoms with van der Waals surface area (Å²) in [5.41, 5.74) is 0.657. The van der Waals surface area contributed by atoms with Crippen LogP contribution >= 0.6 is 7.60 Å². The van der Waals surface area contributed by atoms with E-state index in [4.69, 9.17) is 9.05 Å². The van der Waals surface area contributed by atoms with E-state index in [9.17, 15) is 9.36 Å². The number of nitrogens with zero attached hydrogens (tertiary/aromatic N) is 2. The summed E-state index contributed by atoms with van der Waals surface area (Å²) in [6.07, 6.45) is 1.54. The van der Waals surface area contributed by atoms with Gasteiger partial charge in [-0.2, -0.15) is 5.10 Å². The largest absolute Gasteiger partial charge is 0.360 e. The van der Waals surface area contributed by atoms with Crippen LogP contribution in [0.25, 0.3) is 10.9 Å². The Kier molecular flexibility index (Phi) is 3.34. The molecule has 6 nitrogen and oxygen atoms in total. The third kappa shape index (κ3) is 1.99. The molecule has 0 aliphatic carbocycles. The Balaban J connectivity index is 2.59. The Morgan fingerprint density at radius 2 is 2.00 bits per heavy atom. The quantitative estimate of drug-likeness (QED) is 0.794. The van der Waals surface area contributed by atoms with Crippen LogP contribution in [0, 0.1) is 0 Å². The first kappa shape index (κ1) is 13.0. The Morgan fingerprint density at radius 3 is 2.56 bits per heavy atom. The Morgan fingerprint density at radius 1 is 1.33 bits per heavy atom. The summed E-state index contributed by atoms with van der Waals surface area (Å²) in [5, 5.41) is 5.10. The Bertz CT molecular complexity index is 642. The lowest BCUT2D eigenvalue weighted by Crippen LogP contribution is -2.09. The third-order valence-electron chi connectivity index (χ3n) is 2.65. The van der Waals surface area contributed by atoms with E-state index in [1.807, 2.05) is 0 Å². The van der Waals surface area contributed by atoms with Gasteiger partial charge in [-0.3, -0.25) is 9.36 Å². The molecule has 2 rings (SSSR count). The average molecular weight is 268 g/mol. The Labute approximate surface area is 104 Å². The smallest absolute Gasteiger partial charge is 0.309 e. The Hall–Kier alpha value is -1.49. The maximum atomic E-state index is 12.2. The van der Waals surface area contributed by atoms with Crippen molar-refractivity contribution >= 4 is 29.7 Å². The second-order valence-corrected chi connectivity index (χ2v) is 5.92. The zero-order valence-corrected chi connectivity index (χ0v) is 11.2. The first-order valence-corrected chi connectivity index (χ1v) is 6.77. The molecule has 0 bridgehead atoms. The van der Waals surface area contributed by atoms with Gasteiger partial charge in [0.05, 0.1) is 17.0 Å². The van der Waals surface area contributed by atoms with Gasteiger partial charge in [-0.05, 0) is 18.2 Å². The van der Waals surface area contributed by atoms with Crippen LogP contribution in [-0.4, -0.2) is 29.9 Å². The van der Waals surface area contributed by atoms with E-state index in [0.29, 0.717) is 16.2 Å². The average Bonchev–Trinajstić information content (AvgIpc) is 2.80. The van der Waals surface area contributed by atoms with Crippen LogP contribution in [-0.2, 0) is 13.6 Å². The number of hydrogen-bond acceptors (Lipinski definition) is 5. The number of hydrogen-bond donors (Lipinski definition) is 0. The minimum atomic E-state index is -3.27. The molecule has 0 N–H and O–H groups in total. The summed E-state index contributed by atoms with van der Waals surface area (Å²) in [5.74, 6) is -0.181. The first-order chi connectivity index (χ1) is 8.51. The van der Waals surface area contributed by atoms with E-state index in [0.717, 1.165) is 0 Å². The maximum absolute atomic E-state index is 12.2. The lowest BCUT2D eigenvalue weighted by molar-refractivity contribution is 0.0927. The molecule has 0 saturated carbocycles. The van der Waals surface area contributed by atoms with Crippen LogP contribution in [0.2, 0.25) is 0 Å². The summed E-state index contributed by atoms with van der Waals surface area (Å²) >= 11 is 0. The fourth-order valence-electron chi connectivity index (χ4n) is 1.73. The molecular weight excluding hydrogens is 255 g/mol. The predicted molar refractivity (Wildman–Crippen MR) is 67.3 cm³/mol. The summed E-state index contributed by atoms with van der Waals surface area (Å²) < 4.78 is 23.3. The van der Waals surface area contributed by atoms with Crippen LogP contribution in [0.3, 0.4) is 0 Å². The molecular formula is C11H13N2O4P. The van der Waals surface area contributed by atoms with Crippen molar-refractivity contribution in [3.63, 3.8) is 0 Å². The molecule has 0 spiro atoms. The minimum absolute atomic E-state index is 0.181. The molecule has 2 aromatic rings. The molecule has 7 heteroatoms. The monoisotopic (exact) mass is 268 g/mol. The van der Waals surface area contributed by atoms with Crippen LogP contribution in [0.15, 0.2) is 24.4 Å². The van der Waals surface area contributed by atoms with E-state index in [1.54, 1.807) is 18.2 Å². The number of rotatable bonds is 3. The highest BCUT2D eigenvalue weighted by Crippen LogP contribution is 2.45. The lowest BCUT2D eigenvalue weighted by Gasteiger charge is -2.13. The van der Waals surface area contributed by atoms with Gasteiger partial charge in [0.25, 0.3) is 0 Å². The molecule has 0 fully saturated rings. The van der Waals surface area contributed by atoms with Gasteiger partial charge >= 0.3 is 7.60 Å². The van der Waals surface area contributed by atoms with E-state index >= 15 is 0 Å². The summed E-state index contributed by atoms with van der Waals surface area (Å²) in [6, 6.07) is 4.93. The number of fused-ring (bicyclic) bond motifs is 1. The molecule has 0 saturated heterocycles. The lowest BCUT2D eigenvalue weighted by atomic mass is 10.2. The zero-order chi connectivity index (χ0) is 13.3. The highest BCUT2D eigenvalue weighted by Gasteiger charge is 2.25. The summed E-state index contributed by atoms with van der Waals surface area (Å²) in [6.45, 7) is 1.43. The molecule has 18 heavy (non-hydrogen) atoms. The van der Waals surface area contributed by atoms with Crippen molar-refractivity contribution in [2.75, 3.05) is 14.2 Å². The van der Waals surface area contributed by atoms with Gasteiger partial charge in [-0.15, -0.1) is 0 Å². The minimum Gasteiger partial charge on any atom is -0.309 e. The van der Waals surface area contributed by atoms with Gasteiger partial charge in [-0.1, -0.05) is 0 Å². The molecule has 1 aromatic carbocycles. The topological polar surface area (TPSA) is 70.4 Å². The molecule has 0 radical (unpaired) electrons. The summed E-state index contributed by atoms with van der Waals surface area (Å²) in [4.78, 5) is 11.3. The van der Waals surface area contributed by atoms with E-state index in [-0.39, 0.29) is 5.91 Å². The molecule has 1 aromatic heterocycles. The number of carbonyl (C=O) groups is 1. The van der Waals surface area contributed by atoms with Gasteiger partial charge in [0.15, 0.2) is 0 Å². The van der Waals surface area contributed by atoms with Gasteiger partial charge < -0.3 is 9.05 Å². The van der Waals surface area contributed by atoms with Gasteiger partial charge in [-0.25, -0.2) is 4.68 Å². The van der Waals surface area contributed by atoms with Crippen molar-refractivity contribution in [3.8, 4) is 0 Å². The van der Waals surface area contributed by atoms with Crippen molar-refractivity contribution in [3.05, 3.63) is 24.4 Å². The standard InChI is InChI=1S/C11H13N2O4P/c1-8(14)13-11-5-4-10(6-9(11)7-12-13)18(15,16-2)17-3/h4-7H,1-3H3. The van der Waals surface area contributed by atoms with Crippen LogP contribution in [0.1, 0.15) is 11.7 Å². The summed E-state index contributed by atoms with van der Waals surface area (Å²) in [7, 11) is -0.621. The molecule has 96 valence electrons. The second-order valence-electron chi connectivity index (χ2n) is 3.68. The molecule has 0 aliphatic rings. The fourth-order valence-corrected chi connectivity index (χ4v) is 2.85. The van der Waals surface area contributed by atoms with Gasteiger partial charge in [0.2, 0.25) is 5.91 Å². The van der Waals surface area contributed by atoms with Gasteiger partial charge in [0, 0.05) is 26.5 Å². The van der Waals surface area contributed by atoms with Crippen LogP contribution in [0.5, 0.6) is 0 Å². The van der Waals surface area contributed by atoms with Crippen molar-refractivity contribution in [1.82, 2.24) is 9.78 Å². The van der Waals surface area contributed by atoms with Crippen molar-refractivity contribution in [1.29, 1.82) is 0 Å². The molecule has 1 heterocycles. The molecule has 0 aliphatic heterocycles. The number of aromatic nitrogens is 2. The van der Waals surface area contributed by atoms with Crippen LogP contribution in [0.4, 0.5) is 0 Å². The van der Waals surface area contributed by atoms with Gasteiger partial charge in [0.1, 0.15) is 0 Å².